The van der Waals surface area contributed by atoms with Crippen LogP contribution in [0.15, 0.2) is 54.9 Å². The highest BCUT2D eigenvalue weighted by Crippen LogP contribution is 2.22. The van der Waals surface area contributed by atoms with Crippen LogP contribution in [-0.4, -0.2) is 54.1 Å². The molecule has 7 heteroatoms. The molecule has 0 aliphatic carbocycles. The van der Waals surface area contributed by atoms with Gasteiger partial charge in [0.1, 0.15) is 11.6 Å². The van der Waals surface area contributed by atoms with E-state index in [1.54, 1.807) is 19.5 Å². The number of ether oxygens (including phenoxy) is 1. The first-order valence-corrected chi connectivity index (χ1v) is 9.19. The van der Waals surface area contributed by atoms with Crippen LogP contribution in [0.5, 0.6) is 5.75 Å². The van der Waals surface area contributed by atoms with Crippen molar-refractivity contribution in [3.63, 3.8) is 0 Å². The molecule has 0 fully saturated rings. The van der Waals surface area contributed by atoms with Gasteiger partial charge in [-0.2, -0.15) is 4.98 Å². The second kappa shape index (κ2) is 9.66. The summed E-state index contributed by atoms with van der Waals surface area (Å²) in [5, 5.41) is 6.68. The zero-order valence-electron chi connectivity index (χ0n) is 16.5. The smallest absolute Gasteiger partial charge is 0.225 e. The molecule has 146 valence electrons. The molecule has 0 atom stereocenters. The molecule has 2 N–H and O–H groups in total. The van der Waals surface area contributed by atoms with Gasteiger partial charge in [-0.3, -0.25) is 4.98 Å². The number of hydrogen-bond donors (Lipinski definition) is 2. The Morgan fingerprint density at radius 1 is 1.04 bits per heavy atom. The second-order valence-corrected chi connectivity index (χ2v) is 6.60. The average molecular weight is 378 g/mol. The second-order valence-electron chi connectivity index (χ2n) is 6.60. The third-order valence-electron chi connectivity index (χ3n) is 4.18. The average Bonchev–Trinajstić information content (AvgIpc) is 2.72. The fourth-order valence-electron chi connectivity index (χ4n) is 2.71. The summed E-state index contributed by atoms with van der Waals surface area (Å²) < 4.78 is 5.43. The highest BCUT2D eigenvalue weighted by molar-refractivity contribution is 5.63. The number of rotatable bonds is 9. The predicted molar refractivity (Wildman–Crippen MR) is 113 cm³/mol. The molecule has 0 aliphatic heterocycles. The fraction of sp³-hybridized carbons (Fsp3) is 0.286. The van der Waals surface area contributed by atoms with Crippen LogP contribution in [-0.2, 0) is 6.54 Å². The van der Waals surface area contributed by atoms with Crippen LogP contribution < -0.4 is 15.4 Å². The summed E-state index contributed by atoms with van der Waals surface area (Å²) in [6.45, 7) is 2.25. The summed E-state index contributed by atoms with van der Waals surface area (Å²) in [7, 11) is 5.75. The highest BCUT2D eigenvalue weighted by atomic mass is 16.5. The van der Waals surface area contributed by atoms with E-state index in [1.807, 2.05) is 56.6 Å². The quantitative estimate of drug-likeness (QED) is 0.592. The van der Waals surface area contributed by atoms with Gasteiger partial charge in [0.25, 0.3) is 0 Å². The van der Waals surface area contributed by atoms with E-state index in [2.05, 4.69) is 30.5 Å². The van der Waals surface area contributed by atoms with Crippen molar-refractivity contribution in [3.8, 4) is 17.0 Å². The molecular weight excluding hydrogens is 352 g/mol. The monoisotopic (exact) mass is 378 g/mol. The third kappa shape index (κ3) is 5.40. The van der Waals surface area contributed by atoms with Gasteiger partial charge in [0.05, 0.1) is 12.8 Å². The van der Waals surface area contributed by atoms with Gasteiger partial charge in [0, 0.05) is 49.2 Å². The molecule has 0 amide bonds. The Labute approximate surface area is 165 Å². The predicted octanol–water partition coefficient (Wildman–Crippen LogP) is 3.13. The maximum absolute atomic E-state index is 5.43. The number of nitrogens with zero attached hydrogens (tertiary/aromatic N) is 4. The third-order valence-corrected chi connectivity index (χ3v) is 4.18. The molecule has 0 saturated carbocycles. The SMILES string of the molecule is COc1ccccc1CNc1cc(-c2cccnc2)nc(NCCN(C)C)n1. The first-order chi connectivity index (χ1) is 13.7. The van der Waals surface area contributed by atoms with E-state index >= 15 is 0 Å². The van der Waals surface area contributed by atoms with Crippen LogP contribution >= 0.6 is 0 Å². The van der Waals surface area contributed by atoms with Gasteiger partial charge >= 0.3 is 0 Å². The van der Waals surface area contributed by atoms with Crippen LogP contribution in [0.4, 0.5) is 11.8 Å². The molecule has 28 heavy (non-hydrogen) atoms. The Morgan fingerprint density at radius 2 is 1.89 bits per heavy atom. The lowest BCUT2D eigenvalue weighted by Crippen LogP contribution is -2.21. The Morgan fingerprint density at radius 3 is 2.64 bits per heavy atom. The first kappa shape index (κ1) is 19.6. The van der Waals surface area contributed by atoms with Gasteiger partial charge in [-0.1, -0.05) is 18.2 Å². The van der Waals surface area contributed by atoms with Gasteiger partial charge < -0.3 is 20.3 Å². The molecule has 3 aromatic rings. The molecule has 2 aromatic heterocycles. The van der Waals surface area contributed by atoms with Crippen molar-refractivity contribution < 1.29 is 4.74 Å². The standard InChI is InChI=1S/C21H26N6O/c1-27(2)12-11-23-21-25-18(16-8-6-10-22-14-16)13-20(26-21)24-15-17-7-4-5-9-19(17)28-3/h4-10,13-14H,11-12,15H2,1-3H3,(H2,23,24,25,26). The molecule has 3 rings (SSSR count). The van der Waals surface area contributed by atoms with Crippen LogP contribution in [0.1, 0.15) is 5.56 Å². The molecule has 7 nitrogen and oxygen atoms in total. The van der Waals surface area contributed by atoms with Crippen molar-refractivity contribution in [1.82, 2.24) is 19.9 Å². The minimum atomic E-state index is 0.589. The minimum absolute atomic E-state index is 0.589. The van der Waals surface area contributed by atoms with Crippen LogP contribution in [0, 0.1) is 0 Å². The number of pyridine rings is 1. The highest BCUT2D eigenvalue weighted by Gasteiger charge is 2.08. The van der Waals surface area contributed by atoms with E-state index in [0.717, 1.165) is 41.5 Å². The van der Waals surface area contributed by atoms with E-state index in [9.17, 15) is 0 Å². The van der Waals surface area contributed by atoms with Crippen molar-refractivity contribution >= 4 is 11.8 Å². The van der Waals surface area contributed by atoms with Crippen molar-refractivity contribution in [2.75, 3.05) is 44.9 Å². The lowest BCUT2D eigenvalue weighted by Gasteiger charge is -2.14. The maximum Gasteiger partial charge on any atom is 0.225 e. The zero-order chi connectivity index (χ0) is 19.8. The van der Waals surface area contributed by atoms with Crippen LogP contribution in [0.3, 0.4) is 0 Å². The Balaban J connectivity index is 1.82. The number of anilines is 2. The summed E-state index contributed by atoms with van der Waals surface area (Å²) in [6, 6.07) is 13.8. The lowest BCUT2D eigenvalue weighted by molar-refractivity contribution is 0.410. The summed E-state index contributed by atoms with van der Waals surface area (Å²) in [5.74, 6) is 2.18. The van der Waals surface area contributed by atoms with Gasteiger partial charge in [0.2, 0.25) is 5.95 Å². The van der Waals surface area contributed by atoms with E-state index in [4.69, 9.17) is 4.74 Å². The number of benzene rings is 1. The molecule has 1 aromatic carbocycles. The molecule has 0 radical (unpaired) electrons. The van der Waals surface area contributed by atoms with Crippen molar-refractivity contribution in [2.24, 2.45) is 0 Å². The van der Waals surface area contributed by atoms with Crippen LogP contribution in [0.2, 0.25) is 0 Å². The van der Waals surface area contributed by atoms with Gasteiger partial charge in [-0.05, 0) is 32.3 Å². The maximum atomic E-state index is 5.43. The van der Waals surface area contributed by atoms with Gasteiger partial charge in [-0.15, -0.1) is 0 Å². The molecule has 0 spiro atoms. The first-order valence-electron chi connectivity index (χ1n) is 9.19. The molecule has 0 unspecified atom stereocenters. The van der Waals surface area contributed by atoms with Crippen molar-refractivity contribution in [1.29, 1.82) is 0 Å². The fourth-order valence-corrected chi connectivity index (χ4v) is 2.71. The Kier molecular flexibility index (Phi) is 6.75. The number of likely N-dealkylation sites (N-methyl/N-ethyl adjacent to an activating group) is 1. The van der Waals surface area contributed by atoms with Crippen molar-refractivity contribution in [3.05, 3.63) is 60.4 Å². The summed E-state index contributed by atoms with van der Waals surface area (Å²) in [5.41, 5.74) is 2.83. The van der Waals surface area contributed by atoms with Gasteiger partial charge in [-0.25, -0.2) is 4.98 Å². The summed E-state index contributed by atoms with van der Waals surface area (Å²) >= 11 is 0. The number of methoxy groups -OCH3 is 1. The topological polar surface area (TPSA) is 75.2 Å². The van der Waals surface area contributed by atoms with E-state index in [0.29, 0.717) is 12.5 Å². The number of nitrogens with one attached hydrogen (secondary N) is 2. The molecule has 2 heterocycles. The minimum Gasteiger partial charge on any atom is -0.496 e. The molecular formula is C21H26N6O. The number of aromatic nitrogens is 3. The largest absolute Gasteiger partial charge is 0.496 e. The van der Waals surface area contributed by atoms with E-state index in [-0.39, 0.29) is 0 Å². The Bertz CT molecular complexity index is 885. The van der Waals surface area contributed by atoms with E-state index < -0.39 is 0 Å². The lowest BCUT2D eigenvalue weighted by atomic mass is 10.2. The molecule has 0 aliphatic rings. The molecule has 0 bridgehead atoms. The summed E-state index contributed by atoms with van der Waals surface area (Å²) in [4.78, 5) is 15.6. The van der Waals surface area contributed by atoms with E-state index in [1.165, 1.54) is 0 Å². The van der Waals surface area contributed by atoms with Gasteiger partial charge in [0.15, 0.2) is 0 Å². The number of para-hydroxylation sites is 1. The summed E-state index contributed by atoms with van der Waals surface area (Å²) in [6.07, 6.45) is 3.55. The number of hydrogen-bond acceptors (Lipinski definition) is 7. The normalized spacial score (nSPS) is 10.7. The molecule has 0 saturated heterocycles. The Hall–Kier alpha value is -3.19. The van der Waals surface area contributed by atoms with Crippen molar-refractivity contribution in [2.45, 2.75) is 6.54 Å². The zero-order valence-corrected chi connectivity index (χ0v) is 16.5. The van der Waals surface area contributed by atoms with Crippen LogP contribution in [0.25, 0.3) is 11.3 Å².